The summed E-state index contributed by atoms with van der Waals surface area (Å²) in [6.45, 7) is 3.65. The van der Waals surface area contributed by atoms with Crippen LogP contribution in [0.4, 0.5) is 13.2 Å². The minimum Gasteiger partial charge on any atom is -0.478 e. The molecule has 454 valence electrons. The van der Waals surface area contributed by atoms with Gasteiger partial charge in [0.15, 0.2) is 23.1 Å². The number of carbonyl (C=O) groups excluding carboxylic acids is 5. The van der Waals surface area contributed by atoms with Crippen LogP contribution in [0.15, 0.2) is 109 Å². The van der Waals surface area contributed by atoms with Crippen LogP contribution >= 0.6 is 34.8 Å². The lowest BCUT2D eigenvalue weighted by atomic mass is 9.71. The molecule has 3 aliphatic carbocycles. The summed E-state index contributed by atoms with van der Waals surface area (Å²) in [5, 5.41) is 43.3. The number of carboxylic acid groups (broad SMARTS) is 2. The van der Waals surface area contributed by atoms with Crippen LogP contribution in [0.3, 0.4) is 0 Å². The molecular weight excluding hydrogens is 1170 g/mol. The summed E-state index contributed by atoms with van der Waals surface area (Å²) >= 11 is 17.5. The first kappa shape index (κ1) is 66.5. The topological polar surface area (TPSA) is 210 Å². The van der Waals surface area contributed by atoms with Gasteiger partial charge in [-0.3, -0.25) is 19.2 Å². The highest BCUT2D eigenvalue weighted by atomic mass is 35.5. The first-order valence-electron chi connectivity index (χ1n) is 28.9. The van der Waals surface area contributed by atoms with Crippen LogP contribution in [0.25, 0.3) is 0 Å². The van der Waals surface area contributed by atoms with Gasteiger partial charge >= 0.3 is 17.9 Å². The molecule has 3 saturated carbocycles. The van der Waals surface area contributed by atoms with Gasteiger partial charge in [-0.1, -0.05) is 106 Å². The van der Waals surface area contributed by atoms with Gasteiger partial charge in [0.25, 0.3) is 0 Å². The number of carboxylic acids is 2. The van der Waals surface area contributed by atoms with E-state index in [2.05, 4.69) is 0 Å². The number of aromatic carboxylic acids is 2. The third-order valence-electron chi connectivity index (χ3n) is 17.0. The zero-order valence-corrected chi connectivity index (χ0v) is 50.2. The summed E-state index contributed by atoms with van der Waals surface area (Å²) in [7, 11) is 1.18. The number of Topliss-reactive ketones (excluding diaryl/α,β-unsaturated/α-hetero) is 1. The van der Waals surface area contributed by atoms with Gasteiger partial charge in [-0.05, 0) is 184 Å². The van der Waals surface area contributed by atoms with Crippen LogP contribution < -0.4 is 0 Å². The van der Waals surface area contributed by atoms with Gasteiger partial charge in [0.05, 0.1) is 51.7 Å². The molecule has 18 heteroatoms. The number of esters is 1. The molecule has 0 amide bonds. The number of halogens is 6. The first-order chi connectivity index (χ1) is 41.0. The number of hydrogen-bond acceptors (Lipinski definition) is 10. The maximum absolute atomic E-state index is 15.3. The number of rotatable bonds is 17. The van der Waals surface area contributed by atoms with E-state index in [0.29, 0.717) is 46.3 Å². The molecule has 12 nitrogen and oxygen atoms in total. The summed E-state index contributed by atoms with van der Waals surface area (Å²) in [6, 6.07) is 24.6. The Hall–Kier alpha value is -7.01. The average Bonchev–Trinajstić information content (AvgIpc) is 1.41. The Labute approximate surface area is 512 Å². The predicted octanol–water partition coefficient (Wildman–Crippen LogP) is 16.4. The second-order valence-electron chi connectivity index (χ2n) is 22.2. The Morgan fingerprint density at radius 3 is 1.10 bits per heavy atom. The molecule has 0 aliphatic heterocycles. The highest BCUT2D eigenvalue weighted by Crippen LogP contribution is 2.45. The molecule has 0 aromatic heterocycles. The lowest BCUT2D eigenvalue weighted by Crippen LogP contribution is -2.36. The number of hydrogen-bond donors (Lipinski definition) is 4. The lowest BCUT2D eigenvalue weighted by Gasteiger charge is -2.38. The van der Waals surface area contributed by atoms with Crippen molar-refractivity contribution in [2.75, 3.05) is 7.11 Å². The number of carbonyl (C=O) groups is 7. The van der Waals surface area contributed by atoms with Crippen LogP contribution in [0.5, 0.6) is 0 Å². The fraction of sp³-hybridized carbons (Fsp3) is 0.368. The van der Waals surface area contributed by atoms with E-state index < -0.39 is 86.2 Å². The third-order valence-corrected chi connectivity index (χ3v) is 17.8. The fourth-order valence-corrected chi connectivity index (χ4v) is 12.6. The number of ketones is 4. The Morgan fingerprint density at radius 2 is 0.767 bits per heavy atom. The smallest absolute Gasteiger partial charge is 0.338 e. The summed E-state index contributed by atoms with van der Waals surface area (Å²) in [5.74, 6) is -9.22. The highest BCUT2D eigenvalue weighted by Gasteiger charge is 2.41. The summed E-state index contributed by atoms with van der Waals surface area (Å²) in [6.07, 6.45) is 14.5. The monoisotopic (exact) mass is 1240 g/mol. The second-order valence-corrected chi connectivity index (χ2v) is 23.5. The maximum atomic E-state index is 15.3. The van der Waals surface area contributed by atoms with Crippen molar-refractivity contribution in [3.8, 4) is 0 Å². The van der Waals surface area contributed by atoms with Gasteiger partial charge in [-0.2, -0.15) is 0 Å². The summed E-state index contributed by atoms with van der Waals surface area (Å²) in [5.41, 5.74) is -4.17. The van der Waals surface area contributed by atoms with Crippen molar-refractivity contribution in [1.29, 1.82) is 0 Å². The average molecular weight is 1240 g/mol. The van der Waals surface area contributed by atoms with Crippen molar-refractivity contribution in [3.05, 3.63) is 208 Å². The number of benzene rings is 6. The second kappa shape index (κ2) is 29.6. The van der Waals surface area contributed by atoms with Crippen molar-refractivity contribution < 1.29 is 71.9 Å². The van der Waals surface area contributed by atoms with Gasteiger partial charge in [-0.25, -0.2) is 27.6 Å². The van der Waals surface area contributed by atoms with E-state index >= 15 is 8.78 Å². The molecule has 0 unspecified atom stereocenters. The third kappa shape index (κ3) is 15.2. The Kier molecular flexibility index (Phi) is 22.9. The quantitative estimate of drug-likeness (QED) is 0.0497. The first-order valence-corrected chi connectivity index (χ1v) is 30.1. The van der Waals surface area contributed by atoms with E-state index in [9.17, 15) is 58.4 Å². The van der Waals surface area contributed by atoms with E-state index in [1.165, 1.54) is 98.1 Å². The van der Waals surface area contributed by atoms with Crippen LogP contribution in [0, 0.1) is 35.2 Å². The van der Waals surface area contributed by atoms with E-state index in [-0.39, 0.29) is 62.5 Å². The van der Waals surface area contributed by atoms with Gasteiger partial charge in [-0.15, -0.1) is 0 Å². The van der Waals surface area contributed by atoms with Gasteiger partial charge in [0, 0.05) is 43.2 Å². The lowest BCUT2D eigenvalue weighted by molar-refractivity contribution is -0.0426. The van der Waals surface area contributed by atoms with E-state index in [1.807, 2.05) is 6.92 Å². The molecule has 3 fully saturated rings. The highest BCUT2D eigenvalue weighted by molar-refractivity contribution is 6.31. The van der Waals surface area contributed by atoms with Crippen molar-refractivity contribution in [2.24, 2.45) is 17.8 Å². The van der Waals surface area contributed by atoms with Crippen LogP contribution in [0.2, 0.25) is 15.1 Å². The van der Waals surface area contributed by atoms with Gasteiger partial charge < -0.3 is 25.2 Å². The van der Waals surface area contributed by atoms with E-state index in [0.717, 1.165) is 102 Å². The SMILES string of the molecule is CC[C@@](O)(c1cc(F)c(C(=O)c2ccc(Cl)cc2)c(C(=O)O)c1)C1CCCCC1.CC[C@@](O)(c1cc(F)c(C(=O)c2ccc(Cl)cc2)c(C(=O)OC)c1)C1CCCCC1.O=C(O)c1cc(C(=O)C2CCCCC2)cc(F)c1C(=O)c1ccc(Cl)cc1. The molecule has 2 atom stereocenters. The molecule has 86 heavy (non-hydrogen) atoms. The molecule has 0 heterocycles. The largest absolute Gasteiger partial charge is 0.478 e. The fourth-order valence-electron chi connectivity index (χ4n) is 12.2. The predicted molar refractivity (Wildman–Crippen MR) is 322 cm³/mol. The van der Waals surface area contributed by atoms with Gasteiger partial charge in [0.2, 0.25) is 0 Å². The minimum absolute atomic E-state index is 0.00413. The Balaban J connectivity index is 0.000000185. The molecule has 6 aromatic carbocycles. The molecule has 0 radical (unpaired) electrons. The Bertz CT molecular complexity index is 3480. The van der Waals surface area contributed by atoms with Crippen molar-refractivity contribution in [3.63, 3.8) is 0 Å². The van der Waals surface area contributed by atoms with Crippen molar-refractivity contribution in [1.82, 2.24) is 0 Å². The molecule has 0 bridgehead atoms. The summed E-state index contributed by atoms with van der Waals surface area (Å²) < 4.78 is 50.0. The zero-order valence-electron chi connectivity index (χ0n) is 48.0. The van der Waals surface area contributed by atoms with Gasteiger partial charge in [0.1, 0.15) is 17.5 Å². The molecule has 0 saturated heterocycles. The number of ether oxygens (including phenoxy) is 1. The zero-order chi connectivity index (χ0) is 62.6. The van der Waals surface area contributed by atoms with Crippen LogP contribution in [-0.2, 0) is 15.9 Å². The van der Waals surface area contributed by atoms with Crippen LogP contribution in [-0.4, -0.2) is 68.6 Å². The molecule has 0 spiro atoms. The standard InChI is InChI=1S/C24H26ClFO4.C23H24ClFO4.C21H18ClFO4/c1-3-24(29,16-7-5-4-6-8-16)17-13-19(23(28)30-2)21(20(26)14-17)22(27)15-9-11-18(25)12-10-15;1-2-23(29,15-6-4-3-5-7-15)16-12-18(22(27)28)20(19(25)13-16)21(26)14-8-10-17(24)11-9-14;22-15-8-6-13(7-9-15)20(25)18-16(21(26)27)10-14(11-17(18)23)19(24)12-4-2-1-3-5-12/h9-14,16,29H,3-8H2,1-2H3;8-13,15,29H,2-7H2,1H3,(H,27,28);6-12H,1-5H2,(H,26,27)/t24-;23-;/m00./s1. The molecular formula is C68H68Cl3F3O12. The molecule has 3 aliphatic rings. The maximum Gasteiger partial charge on any atom is 0.338 e. The molecule has 4 N–H and O–H groups in total. The minimum atomic E-state index is -1.45. The molecule has 9 rings (SSSR count). The number of methoxy groups -OCH3 is 1. The molecule has 6 aromatic rings. The normalized spacial score (nSPS) is 16.2. The van der Waals surface area contributed by atoms with E-state index in [4.69, 9.17) is 39.5 Å². The van der Waals surface area contributed by atoms with Crippen molar-refractivity contribution >= 4 is 75.8 Å². The summed E-state index contributed by atoms with van der Waals surface area (Å²) in [4.78, 5) is 87.2. The number of aliphatic hydroxyl groups is 2. The Morgan fingerprint density at radius 1 is 0.453 bits per heavy atom. The van der Waals surface area contributed by atoms with Crippen molar-refractivity contribution in [2.45, 2.75) is 134 Å². The van der Waals surface area contributed by atoms with E-state index in [1.54, 1.807) is 6.92 Å². The van der Waals surface area contributed by atoms with Crippen LogP contribution in [0.1, 0.15) is 223 Å².